The monoisotopic (exact) mass is 567 g/mol. The first-order valence-corrected chi connectivity index (χ1v) is 16.8. The van der Waals surface area contributed by atoms with Crippen molar-refractivity contribution in [2.75, 3.05) is 20.2 Å². The highest BCUT2D eigenvalue weighted by Crippen LogP contribution is 2.68. The van der Waals surface area contributed by atoms with Gasteiger partial charge >= 0.3 is 5.97 Å². The number of rotatable bonds is 12. The Labute approximate surface area is 249 Å². The molecule has 4 aliphatic rings. The number of aliphatic hydroxyl groups is 1. The predicted molar refractivity (Wildman–Crippen MR) is 164 cm³/mol. The van der Waals surface area contributed by atoms with Crippen LogP contribution < -0.4 is 10.6 Å². The maximum Gasteiger partial charge on any atom is 0.305 e. The largest absolute Gasteiger partial charge is 0.469 e. The fourth-order valence-electron chi connectivity index (χ4n) is 10.4. The Morgan fingerprint density at radius 1 is 1.10 bits per heavy atom. The second kappa shape index (κ2) is 13.4. The van der Waals surface area contributed by atoms with Crippen molar-refractivity contribution in [3.63, 3.8) is 0 Å². The number of carbonyl (C=O) groups excluding carboxylic acids is 1. The van der Waals surface area contributed by atoms with E-state index in [-0.39, 0.29) is 12.1 Å². The SMILES string of the molecule is COC(=O)CC[C@@H](C)[C@H]1CCC2C3C(O)C[C@H]4C[C@H](NCCCCNCc5cccnc5)CC[C@]4(C)C3CC[C@@]21C. The number of nitrogens with zero attached hydrogens (tertiary/aromatic N) is 1. The molecule has 10 atom stereocenters. The van der Waals surface area contributed by atoms with E-state index >= 15 is 0 Å². The average molecular weight is 568 g/mol. The number of esters is 1. The van der Waals surface area contributed by atoms with Crippen LogP contribution in [0, 0.1) is 46.3 Å². The van der Waals surface area contributed by atoms with Crippen molar-refractivity contribution in [2.24, 2.45) is 46.3 Å². The summed E-state index contributed by atoms with van der Waals surface area (Å²) in [6.07, 6.45) is 17.3. The van der Waals surface area contributed by atoms with E-state index in [4.69, 9.17) is 4.74 Å². The van der Waals surface area contributed by atoms with Crippen molar-refractivity contribution in [1.29, 1.82) is 0 Å². The van der Waals surface area contributed by atoms with Gasteiger partial charge in [0.2, 0.25) is 0 Å². The topological polar surface area (TPSA) is 83.5 Å². The molecule has 4 unspecified atom stereocenters. The van der Waals surface area contributed by atoms with Gasteiger partial charge in [-0.2, -0.15) is 0 Å². The summed E-state index contributed by atoms with van der Waals surface area (Å²) in [6.45, 7) is 10.5. The predicted octanol–water partition coefficient (Wildman–Crippen LogP) is 6.13. The number of methoxy groups -OCH3 is 1. The Bertz CT molecular complexity index is 990. The number of carbonyl (C=O) groups is 1. The quantitative estimate of drug-likeness (QED) is 0.208. The summed E-state index contributed by atoms with van der Waals surface area (Å²) in [5.41, 5.74) is 1.91. The zero-order chi connectivity index (χ0) is 29.0. The smallest absolute Gasteiger partial charge is 0.305 e. The lowest BCUT2D eigenvalue weighted by molar-refractivity contribution is -0.167. The highest BCUT2D eigenvalue weighted by Gasteiger charge is 2.62. The van der Waals surface area contributed by atoms with E-state index in [1.165, 1.54) is 70.5 Å². The Balaban J connectivity index is 1.10. The van der Waals surface area contributed by atoms with Crippen molar-refractivity contribution >= 4 is 5.97 Å². The van der Waals surface area contributed by atoms with Crippen LogP contribution in [0.2, 0.25) is 0 Å². The van der Waals surface area contributed by atoms with E-state index in [0.717, 1.165) is 32.5 Å². The normalized spacial score (nSPS) is 38.9. The van der Waals surface area contributed by atoms with Crippen molar-refractivity contribution in [3.05, 3.63) is 30.1 Å². The number of unbranched alkanes of at least 4 members (excludes halogenated alkanes) is 1. The van der Waals surface area contributed by atoms with E-state index < -0.39 is 0 Å². The van der Waals surface area contributed by atoms with Crippen molar-refractivity contribution in [1.82, 2.24) is 15.6 Å². The average Bonchev–Trinajstić information content (AvgIpc) is 3.33. The Kier molecular flexibility index (Phi) is 10.1. The van der Waals surface area contributed by atoms with Gasteiger partial charge in [-0.3, -0.25) is 9.78 Å². The van der Waals surface area contributed by atoms with Crippen LogP contribution in [-0.2, 0) is 16.1 Å². The molecule has 0 saturated heterocycles. The molecule has 3 N–H and O–H groups in total. The van der Waals surface area contributed by atoms with Crippen LogP contribution >= 0.6 is 0 Å². The lowest BCUT2D eigenvalue weighted by Crippen LogP contribution is -2.59. The van der Waals surface area contributed by atoms with Gasteiger partial charge in [-0.1, -0.05) is 26.8 Å². The third kappa shape index (κ3) is 6.55. The fourth-order valence-corrected chi connectivity index (χ4v) is 10.4. The van der Waals surface area contributed by atoms with Gasteiger partial charge in [-0.05, 0) is 142 Å². The molecule has 6 heteroatoms. The van der Waals surface area contributed by atoms with Crippen molar-refractivity contribution in [2.45, 2.75) is 117 Å². The Hall–Kier alpha value is -1.50. The number of pyridine rings is 1. The van der Waals surface area contributed by atoms with Crippen LogP contribution in [-0.4, -0.2) is 48.4 Å². The fraction of sp³-hybridized carbons (Fsp3) is 0.829. The summed E-state index contributed by atoms with van der Waals surface area (Å²) in [7, 11) is 1.49. The molecular weight excluding hydrogens is 510 g/mol. The molecule has 1 aromatic heterocycles. The summed E-state index contributed by atoms with van der Waals surface area (Å²) >= 11 is 0. The number of hydrogen-bond donors (Lipinski definition) is 3. The molecule has 230 valence electrons. The summed E-state index contributed by atoms with van der Waals surface area (Å²) in [6, 6.07) is 4.71. The van der Waals surface area contributed by atoms with E-state index in [2.05, 4.69) is 42.5 Å². The maximum absolute atomic E-state index is 11.8. The standard InChI is InChI=1S/C35H57N3O3/c1-24(9-12-32(40)41-4)28-10-11-29-33-30(14-16-35(28,29)3)34(2)15-13-27(20-26(34)21-31(33)39)38-19-6-5-17-36-22-25-8-7-18-37-23-25/h7-8,18,23-24,26-31,33,36,38-39H,5-6,9-17,19-22H2,1-4H3/t24-,26-,27-,28-,29?,30?,31?,33?,34+,35-/m1/s1. The molecule has 0 amide bonds. The van der Waals surface area contributed by atoms with Gasteiger partial charge in [-0.25, -0.2) is 0 Å². The third-order valence-electron chi connectivity index (χ3n) is 12.7. The van der Waals surface area contributed by atoms with Gasteiger partial charge in [0, 0.05) is 31.4 Å². The maximum atomic E-state index is 11.8. The Morgan fingerprint density at radius 3 is 2.66 bits per heavy atom. The molecule has 5 rings (SSSR count). The number of hydrogen-bond acceptors (Lipinski definition) is 6. The molecule has 0 radical (unpaired) electrons. The van der Waals surface area contributed by atoms with Crippen LogP contribution in [0.4, 0.5) is 0 Å². The minimum absolute atomic E-state index is 0.0826. The highest BCUT2D eigenvalue weighted by atomic mass is 16.5. The zero-order valence-corrected chi connectivity index (χ0v) is 26.2. The number of aromatic nitrogens is 1. The lowest BCUT2D eigenvalue weighted by atomic mass is 9.43. The molecule has 0 bridgehead atoms. The van der Waals surface area contributed by atoms with Crippen LogP contribution in [0.5, 0.6) is 0 Å². The van der Waals surface area contributed by atoms with Gasteiger partial charge in [0.25, 0.3) is 0 Å². The molecule has 6 nitrogen and oxygen atoms in total. The highest BCUT2D eigenvalue weighted by molar-refractivity contribution is 5.69. The number of aliphatic hydroxyl groups excluding tert-OH is 1. The molecule has 41 heavy (non-hydrogen) atoms. The molecule has 4 aliphatic carbocycles. The molecular formula is C35H57N3O3. The van der Waals surface area contributed by atoms with Crippen molar-refractivity contribution < 1.29 is 14.6 Å². The number of ether oxygens (including phenoxy) is 1. The van der Waals surface area contributed by atoms with Crippen LogP contribution in [0.15, 0.2) is 24.5 Å². The van der Waals surface area contributed by atoms with Crippen LogP contribution in [0.25, 0.3) is 0 Å². The molecule has 4 fully saturated rings. The van der Waals surface area contributed by atoms with Crippen molar-refractivity contribution in [3.8, 4) is 0 Å². The summed E-state index contributed by atoms with van der Waals surface area (Å²) < 4.78 is 4.92. The molecule has 0 aliphatic heterocycles. The molecule has 0 aromatic carbocycles. The molecule has 0 spiro atoms. The van der Waals surface area contributed by atoms with Gasteiger partial charge < -0.3 is 20.5 Å². The van der Waals surface area contributed by atoms with E-state index in [1.807, 2.05) is 18.5 Å². The van der Waals surface area contributed by atoms with Gasteiger partial charge in [-0.15, -0.1) is 0 Å². The minimum atomic E-state index is -0.156. The first kappa shape index (κ1) is 30.9. The summed E-state index contributed by atoms with van der Waals surface area (Å²) in [5.74, 6) is 3.47. The second-order valence-electron chi connectivity index (χ2n) is 14.8. The first-order valence-electron chi connectivity index (χ1n) is 16.8. The molecule has 1 heterocycles. The summed E-state index contributed by atoms with van der Waals surface area (Å²) in [4.78, 5) is 16.0. The van der Waals surface area contributed by atoms with E-state index in [9.17, 15) is 9.90 Å². The Morgan fingerprint density at radius 2 is 1.88 bits per heavy atom. The number of fused-ring (bicyclic) bond motifs is 5. The van der Waals surface area contributed by atoms with Gasteiger partial charge in [0.15, 0.2) is 0 Å². The lowest BCUT2D eigenvalue weighted by Gasteiger charge is -2.62. The van der Waals surface area contributed by atoms with Crippen LogP contribution in [0.1, 0.15) is 103 Å². The van der Waals surface area contributed by atoms with Gasteiger partial charge in [0.05, 0.1) is 13.2 Å². The second-order valence-corrected chi connectivity index (χ2v) is 14.8. The first-order chi connectivity index (χ1) is 19.8. The van der Waals surface area contributed by atoms with Crippen LogP contribution in [0.3, 0.4) is 0 Å². The number of nitrogens with one attached hydrogen (secondary N) is 2. The zero-order valence-electron chi connectivity index (χ0n) is 26.2. The summed E-state index contributed by atoms with van der Waals surface area (Å²) in [5, 5.41) is 19.2. The van der Waals surface area contributed by atoms with E-state index in [0.29, 0.717) is 58.8 Å². The van der Waals surface area contributed by atoms with E-state index in [1.54, 1.807) is 0 Å². The minimum Gasteiger partial charge on any atom is -0.469 e. The molecule has 4 saturated carbocycles. The third-order valence-corrected chi connectivity index (χ3v) is 12.7. The van der Waals surface area contributed by atoms with Gasteiger partial charge in [0.1, 0.15) is 0 Å². The molecule has 1 aromatic rings.